The standard InChI is InChI=1S/C17H19F3N4O/c1-4-15(25)24-14-9-21-16(11(3)22-14)23-10(2)12-6-5-7-13(8-12)17(18,19)20/h5-10H,4H2,1-3H3,(H,21,23)(H,22,24,25). The van der Waals surface area contributed by atoms with E-state index in [1.54, 1.807) is 26.8 Å². The van der Waals surface area contributed by atoms with Crippen molar-refractivity contribution >= 4 is 17.5 Å². The Balaban J connectivity index is 2.15. The van der Waals surface area contributed by atoms with Crippen molar-refractivity contribution in [1.82, 2.24) is 9.97 Å². The highest BCUT2D eigenvalue weighted by Gasteiger charge is 2.30. The largest absolute Gasteiger partial charge is 0.416 e. The van der Waals surface area contributed by atoms with E-state index in [-0.39, 0.29) is 5.91 Å². The maximum Gasteiger partial charge on any atom is 0.416 e. The first kappa shape index (κ1) is 18.7. The van der Waals surface area contributed by atoms with Crippen molar-refractivity contribution in [3.05, 3.63) is 47.3 Å². The number of carbonyl (C=O) groups is 1. The molecule has 134 valence electrons. The molecule has 8 heteroatoms. The summed E-state index contributed by atoms with van der Waals surface area (Å²) in [4.78, 5) is 19.8. The van der Waals surface area contributed by atoms with E-state index in [9.17, 15) is 18.0 Å². The van der Waals surface area contributed by atoms with Gasteiger partial charge in [-0.05, 0) is 31.5 Å². The van der Waals surface area contributed by atoms with Crippen molar-refractivity contribution in [2.45, 2.75) is 39.4 Å². The number of hydrogen-bond acceptors (Lipinski definition) is 4. The van der Waals surface area contributed by atoms with Gasteiger partial charge in [-0.1, -0.05) is 19.1 Å². The molecule has 1 aromatic heterocycles. The number of nitrogens with zero attached hydrogens (tertiary/aromatic N) is 2. The molecule has 1 atom stereocenters. The molecule has 0 spiro atoms. The molecule has 25 heavy (non-hydrogen) atoms. The average molecular weight is 352 g/mol. The number of nitrogens with one attached hydrogen (secondary N) is 2. The molecule has 2 N–H and O–H groups in total. The average Bonchev–Trinajstić information content (AvgIpc) is 2.56. The van der Waals surface area contributed by atoms with Gasteiger partial charge in [0, 0.05) is 6.42 Å². The number of carbonyl (C=O) groups excluding carboxylic acids is 1. The summed E-state index contributed by atoms with van der Waals surface area (Å²) in [5.74, 6) is 0.604. The normalized spacial score (nSPS) is 12.6. The molecule has 1 aromatic carbocycles. The van der Waals surface area contributed by atoms with E-state index in [1.807, 2.05) is 0 Å². The number of halogens is 3. The van der Waals surface area contributed by atoms with E-state index in [1.165, 1.54) is 12.3 Å². The fourth-order valence-electron chi connectivity index (χ4n) is 2.19. The Hall–Kier alpha value is -2.64. The van der Waals surface area contributed by atoms with Gasteiger partial charge in [-0.2, -0.15) is 13.2 Å². The molecule has 2 aromatic rings. The van der Waals surface area contributed by atoms with Gasteiger partial charge in [0.1, 0.15) is 5.82 Å². The van der Waals surface area contributed by atoms with Crippen molar-refractivity contribution in [1.29, 1.82) is 0 Å². The molecular formula is C17H19F3N4O. The molecule has 0 radical (unpaired) electrons. The molecule has 0 aliphatic carbocycles. The Labute approximate surface area is 143 Å². The van der Waals surface area contributed by atoms with E-state index < -0.39 is 17.8 Å². The van der Waals surface area contributed by atoms with Crippen LogP contribution in [0, 0.1) is 6.92 Å². The fourth-order valence-corrected chi connectivity index (χ4v) is 2.19. The van der Waals surface area contributed by atoms with Crippen molar-refractivity contribution in [2.75, 3.05) is 10.6 Å². The lowest BCUT2D eigenvalue weighted by atomic mass is 10.0. The van der Waals surface area contributed by atoms with Crippen LogP contribution >= 0.6 is 0 Å². The van der Waals surface area contributed by atoms with Gasteiger partial charge < -0.3 is 10.6 Å². The van der Waals surface area contributed by atoms with Crippen LogP contribution in [0.3, 0.4) is 0 Å². The van der Waals surface area contributed by atoms with Crippen LogP contribution in [-0.4, -0.2) is 15.9 Å². The van der Waals surface area contributed by atoms with Crippen LogP contribution in [0.25, 0.3) is 0 Å². The van der Waals surface area contributed by atoms with Gasteiger partial charge in [0.15, 0.2) is 5.82 Å². The van der Waals surface area contributed by atoms with Crippen molar-refractivity contribution in [2.24, 2.45) is 0 Å². The number of aryl methyl sites for hydroxylation is 1. The van der Waals surface area contributed by atoms with Crippen molar-refractivity contribution in [3.8, 4) is 0 Å². The van der Waals surface area contributed by atoms with Crippen LogP contribution in [0.2, 0.25) is 0 Å². The van der Waals surface area contributed by atoms with Gasteiger partial charge in [-0.3, -0.25) is 4.79 Å². The minimum atomic E-state index is -4.38. The Kier molecular flexibility index (Phi) is 5.61. The first-order valence-corrected chi connectivity index (χ1v) is 7.78. The monoisotopic (exact) mass is 352 g/mol. The van der Waals surface area contributed by atoms with Crippen LogP contribution < -0.4 is 10.6 Å². The summed E-state index contributed by atoms with van der Waals surface area (Å²) in [5, 5.41) is 5.65. The predicted octanol–water partition coefficient (Wildman–Crippen LogP) is 4.33. The third-order valence-electron chi connectivity index (χ3n) is 3.60. The predicted molar refractivity (Wildman–Crippen MR) is 89.2 cm³/mol. The van der Waals surface area contributed by atoms with Crippen LogP contribution in [-0.2, 0) is 11.0 Å². The summed E-state index contributed by atoms with van der Waals surface area (Å²) in [5.41, 5.74) is 0.325. The Morgan fingerprint density at radius 1 is 1.32 bits per heavy atom. The smallest absolute Gasteiger partial charge is 0.362 e. The van der Waals surface area contributed by atoms with Gasteiger partial charge in [0.05, 0.1) is 23.5 Å². The molecule has 1 unspecified atom stereocenters. The molecule has 0 fully saturated rings. The minimum absolute atomic E-state index is 0.174. The second-order valence-corrected chi connectivity index (χ2v) is 5.58. The quantitative estimate of drug-likeness (QED) is 0.841. The molecule has 1 heterocycles. The van der Waals surface area contributed by atoms with Gasteiger partial charge >= 0.3 is 6.18 Å². The van der Waals surface area contributed by atoms with Gasteiger partial charge in [0.2, 0.25) is 5.91 Å². The molecule has 0 saturated carbocycles. The topological polar surface area (TPSA) is 66.9 Å². The van der Waals surface area contributed by atoms with Crippen molar-refractivity contribution in [3.63, 3.8) is 0 Å². The number of anilines is 2. The molecule has 0 aliphatic rings. The Morgan fingerprint density at radius 2 is 2.04 bits per heavy atom. The molecule has 0 bridgehead atoms. The van der Waals surface area contributed by atoms with Gasteiger partial charge in [0.25, 0.3) is 0 Å². The van der Waals surface area contributed by atoms with E-state index >= 15 is 0 Å². The lowest BCUT2D eigenvalue weighted by Gasteiger charge is -2.18. The number of alkyl halides is 3. The number of hydrogen-bond donors (Lipinski definition) is 2. The molecule has 5 nitrogen and oxygen atoms in total. The minimum Gasteiger partial charge on any atom is -0.362 e. The summed E-state index contributed by atoms with van der Waals surface area (Å²) >= 11 is 0. The number of rotatable bonds is 5. The number of aromatic nitrogens is 2. The lowest BCUT2D eigenvalue weighted by molar-refractivity contribution is -0.137. The highest BCUT2D eigenvalue weighted by Crippen LogP contribution is 2.31. The van der Waals surface area contributed by atoms with Crippen LogP contribution in [0.5, 0.6) is 0 Å². The molecule has 0 aliphatic heterocycles. The van der Waals surface area contributed by atoms with Crippen molar-refractivity contribution < 1.29 is 18.0 Å². The number of benzene rings is 1. The first-order chi connectivity index (χ1) is 11.7. The first-order valence-electron chi connectivity index (χ1n) is 7.78. The zero-order valence-corrected chi connectivity index (χ0v) is 14.1. The fraction of sp³-hybridized carbons (Fsp3) is 0.353. The van der Waals surface area contributed by atoms with E-state index in [0.717, 1.165) is 12.1 Å². The summed E-state index contributed by atoms with van der Waals surface area (Å²) in [6.45, 7) is 5.17. The second-order valence-electron chi connectivity index (χ2n) is 5.58. The molecule has 2 rings (SSSR count). The lowest BCUT2D eigenvalue weighted by Crippen LogP contribution is -2.14. The Morgan fingerprint density at radius 3 is 2.64 bits per heavy atom. The van der Waals surface area contributed by atoms with Gasteiger partial charge in [-0.15, -0.1) is 0 Å². The van der Waals surface area contributed by atoms with E-state index in [2.05, 4.69) is 20.6 Å². The molecule has 0 saturated heterocycles. The van der Waals surface area contributed by atoms with Crippen LogP contribution in [0.1, 0.15) is 43.1 Å². The second kappa shape index (κ2) is 7.50. The number of amides is 1. The maximum absolute atomic E-state index is 12.8. The molecule has 1 amide bonds. The Bertz CT molecular complexity index is 762. The van der Waals surface area contributed by atoms with E-state index in [0.29, 0.717) is 29.3 Å². The zero-order chi connectivity index (χ0) is 18.6. The third kappa shape index (κ3) is 4.91. The SMILES string of the molecule is CCC(=O)Nc1cnc(NC(C)c2cccc(C(F)(F)F)c2)c(C)n1. The molecular weight excluding hydrogens is 333 g/mol. The van der Waals surface area contributed by atoms with Crippen LogP contribution in [0.4, 0.5) is 24.8 Å². The van der Waals surface area contributed by atoms with E-state index in [4.69, 9.17) is 0 Å². The third-order valence-corrected chi connectivity index (χ3v) is 3.60. The maximum atomic E-state index is 12.8. The summed E-state index contributed by atoms with van der Waals surface area (Å²) < 4.78 is 38.5. The summed E-state index contributed by atoms with van der Waals surface area (Å²) in [7, 11) is 0. The summed E-state index contributed by atoms with van der Waals surface area (Å²) in [6.07, 6.45) is -2.65. The summed E-state index contributed by atoms with van der Waals surface area (Å²) in [6, 6.07) is 4.73. The van der Waals surface area contributed by atoms with Gasteiger partial charge in [-0.25, -0.2) is 9.97 Å². The van der Waals surface area contributed by atoms with Crippen LogP contribution in [0.15, 0.2) is 30.5 Å². The highest BCUT2D eigenvalue weighted by atomic mass is 19.4. The highest BCUT2D eigenvalue weighted by molar-refractivity contribution is 5.89. The zero-order valence-electron chi connectivity index (χ0n) is 14.1.